The molecular weight excluding hydrogens is 336 g/mol. The van der Waals surface area contributed by atoms with E-state index < -0.39 is 8.80 Å². The van der Waals surface area contributed by atoms with E-state index in [1.807, 2.05) is 0 Å². The van der Waals surface area contributed by atoms with E-state index in [-0.39, 0.29) is 5.97 Å². The fourth-order valence-corrected chi connectivity index (χ4v) is 4.80. The fraction of sp³-hybridized carbons (Fsp3) is 0.947. The summed E-state index contributed by atoms with van der Waals surface area (Å²) in [6, 6.07) is 0.539. The third-order valence-corrected chi connectivity index (χ3v) is 6.67. The van der Waals surface area contributed by atoms with Gasteiger partial charge in [-0.3, -0.25) is 4.79 Å². The third kappa shape index (κ3) is 14.4. The van der Waals surface area contributed by atoms with Gasteiger partial charge >= 0.3 is 14.8 Å². The normalized spacial score (nSPS) is 11.7. The topological polar surface area (TPSA) is 54.0 Å². The second-order valence-corrected chi connectivity index (χ2v) is 9.17. The maximum absolute atomic E-state index is 11.1. The predicted octanol–water partition coefficient (Wildman–Crippen LogP) is 5.11. The number of carbonyl (C=O) groups excluding carboxylic acids is 1. The highest BCUT2D eigenvalue weighted by atomic mass is 28.4. The van der Waals surface area contributed by atoms with Crippen molar-refractivity contribution < 1.29 is 22.8 Å². The van der Waals surface area contributed by atoms with Crippen molar-refractivity contribution in [2.75, 3.05) is 26.4 Å². The lowest BCUT2D eigenvalue weighted by Gasteiger charge is -2.30. The molecule has 0 aromatic carbocycles. The minimum absolute atomic E-state index is 0.272. The van der Waals surface area contributed by atoms with Crippen LogP contribution in [0, 0.1) is 0 Å². The summed E-state index contributed by atoms with van der Waals surface area (Å²) in [5.74, 6) is -0.272. The molecule has 0 amide bonds. The van der Waals surface area contributed by atoms with Gasteiger partial charge in [0.1, 0.15) is 0 Å². The van der Waals surface area contributed by atoms with Crippen molar-refractivity contribution in [3.05, 3.63) is 0 Å². The van der Waals surface area contributed by atoms with E-state index in [4.69, 9.17) is 18.0 Å². The molecule has 0 aromatic heterocycles. The van der Waals surface area contributed by atoms with Crippen molar-refractivity contribution in [3.63, 3.8) is 0 Å². The second kappa shape index (κ2) is 17.0. The number of hydrogen-bond donors (Lipinski definition) is 0. The molecule has 150 valence electrons. The summed E-state index contributed by atoms with van der Waals surface area (Å²) in [5.41, 5.74) is 0. The Morgan fingerprint density at radius 1 is 0.680 bits per heavy atom. The molecule has 0 unspecified atom stereocenters. The number of rotatable bonds is 18. The van der Waals surface area contributed by atoms with Crippen LogP contribution in [0.2, 0.25) is 6.04 Å². The van der Waals surface area contributed by atoms with E-state index in [1.54, 1.807) is 0 Å². The van der Waals surface area contributed by atoms with Crippen molar-refractivity contribution in [1.82, 2.24) is 0 Å². The van der Waals surface area contributed by atoms with Crippen LogP contribution in [0.15, 0.2) is 0 Å². The Bertz CT molecular complexity index is 281. The number of esters is 1. The monoisotopic (exact) mass is 376 g/mol. The van der Waals surface area contributed by atoms with Gasteiger partial charge in [-0.2, -0.15) is 0 Å². The van der Waals surface area contributed by atoms with Gasteiger partial charge in [0, 0.05) is 26.7 Å². The van der Waals surface area contributed by atoms with Gasteiger partial charge in [0.05, 0.1) is 12.7 Å². The molecule has 0 spiro atoms. The van der Waals surface area contributed by atoms with Gasteiger partial charge in [0.2, 0.25) is 0 Å². The van der Waals surface area contributed by atoms with Gasteiger partial charge in [-0.1, -0.05) is 59.3 Å². The molecule has 0 saturated heterocycles. The fourth-order valence-electron chi connectivity index (χ4n) is 2.40. The van der Waals surface area contributed by atoms with Gasteiger partial charge in [-0.25, -0.2) is 0 Å². The van der Waals surface area contributed by atoms with Gasteiger partial charge in [0.25, 0.3) is 0 Å². The summed E-state index contributed by atoms with van der Waals surface area (Å²) in [4.78, 5) is 11.1. The zero-order valence-corrected chi connectivity index (χ0v) is 17.9. The first kappa shape index (κ1) is 24.6. The summed E-state index contributed by atoms with van der Waals surface area (Å²) in [5, 5.41) is 0. The van der Waals surface area contributed by atoms with E-state index in [9.17, 15) is 4.79 Å². The van der Waals surface area contributed by atoms with E-state index in [2.05, 4.69) is 20.8 Å². The average Bonchev–Trinajstić information content (AvgIpc) is 2.59. The molecule has 0 fully saturated rings. The van der Waals surface area contributed by atoms with Crippen LogP contribution in [-0.4, -0.2) is 41.2 Å². The molecule has 0 aromatic rings. The van der Waals surface area contributed by atoms with Gasteiger partial charge in [-0.15, -0.1) is 0 Å². The Labute approximate surface area is 156 Å². The van der Waals surface area contributed by atoms with Crippen molar-refractivity contribution >= 4 is 14.8 Å². The lowest BCUT2D eigenvalue weighted by Crippen LogP contribution is -2.47. The van der Waals surface area contributed by atoms with E-state index in [0.29, 0.717) is 32.5 Å². The Kier molecular flexibility index (Phi) is 16.7. The molecule has 0 bridgehead atoms. The quantitative estimate of drug-likeness (QED) is 0.189. The molecule has 0 aliphatic rings. The molecule has 6 heteroatoms. The van der Waals surface area contributed by atoms with Gasteiger partial charge in [-0.05, 0) is 19.3 Å². The zero-order chi connectivity index (χ0) is 18.8. The zero-order valence-electron chi connectivity index (χ0n) is 16.9. The van der Waals surface area contributed by atoms with Crippen molar-refractivity contribution in [2.45, 2.75) is 91.5 Å². The molecule has 25 heavy (non-hydrogen) atoms. The van der Waals surface area contributed by atoms with Gasteiger partial charge < -0.3 is 18.0 Å². The number of unbranched alkanes of at least 4 members (excludes halogenated alkanes) is 6. The van der Waals surface area contributed by atoms with E-state index in [0.717, 1.165) is 57.8 Å². The van der Waals surface area contributed by atoms with Crippen LogP contribution < -0.4 is 0 Å². The molecule has 0 rings (SSSR count). The summed E-state index contributed by atoms with van der Waals surface area (Å²) < 4.78 is 23.7. The molecule has 0 radical (unpaired) electrons. The predicted molar refractivity (Wildman–Crippen MR) is 104 cm³/mol. The molecular formula is C19H40O5Si. The molecule has 0 saturated carbocycles. The third-order valence-electron chi connectivity index (χ3n) is 3.92. The summed E-state index contributed by atoms with van der Waals surface area (Å²) in [6.07, 6.45) is 9.90. The lowest BCUT2D eigenvalue weighted by atomic mass is 10.3. The highest BCUT2D eigenvalue weighted by molar-refractivity contribution is 6.60. The van der Waals surface area contributed by atoms with E-state index in [1.165, 1.54) is 6.92 Å². The number of hydrogen-bond acceptors (Lipinski definition) is 5. The van der Waals surface area contributed by atoms with Crippen molar-refractivity contribution in [1.29, 1.82) is 0 Å². The minimum Gasteiger partial charge on any atom is -0.466 e. The Hall–Kier alpha value is -0.433. The lowest BCUT2D eigenvalue weighted by molar-refractivity contribution is -0.140. The first-order valence-electron chi connectivity index (χ1n) is 10.2. The Balaban J connectivity index is 4.70. The highest BCUT2D eigenvalue weighted by Gasteiger charge is 2.41. The van der Waals surface area contributed by atoms with Crippen LogP contribution in [-0.2, 0) is 22.8 Å². The standard InChI is InChI=1S/C19H40O5Si/c1-5-8-11-14-22-25(18-17-21-19(4)20,23-15-12-9-6-2)24-16-13-10-7-3/h5-18H2,1-4H3. The minimum atomic E-state index is -2.79. The Morgan fingerprint density at radius 2 is 1.08 bits per heavy atom. The van der Waals surface area contributed by atoms with Crippen LogP contribution in [0.25, 0.3) is 0 Å². The molecule has 0 aliphatic carbocycles. The average molecular weight is 377 g/mol. The maximum atomic E-state index is 11.1. The number of carbonyl (C=O) groups is 1. The first-order valence-corrected chi connectivity index (χ1v) is 12.1. The van der Waals surface area contributed by atoms with Crippen LogP contribution in [0.4, 0.5) is 0 Å². The van der Waals surface area contributed by atoms with Crippen LogP contribution in [0.1, 0.15) is 85.5 Å². The van der Waals surface area contributed by atoms with Gasteiger partial charge in [0.15, 0.2) is 0 Å². The smallest absolute Gasteiger partial charge is 0.466 e. The summed E-state index contributed by atoms with van der Waals surface area (Å²) in [6.45, 7) is 10.2. The maximum Gasteiger partial charge on any atom is 0.504 e. The first-order chi connectivity index (χ1) is 12.1. The molecule has 5 nitrogen and oxygen atoms in total. The highest BCUT2D eigenvalue weighted by Crippen LogP contribution is 2.19. The molecule has 0 aliphatic heterocycles. The van der Waals surface area contributed by atoms with Crippen LogP contribution in [0.3, 0.4) is 0 Å². The summed E-state index contributed by atoms with van der Waals surface area (Å²) >= 11 is 0. The largest absolute Gasteiger partial charge is 0.504 e. The van der Waals surface area contributed by atoms with E-state index >= 15 is 0 Å². The Morgan fingerprint density at radius 3 is 1.40 bits per heavy atom. The SMILES string of the molecule is CCCCCO[Si](CCOC(C)=O)(OCCCCC)OCCCCC. The van der Waals surface area contributed by atoms with Crippen molar-refractivity contribution in [2.24, 2.45) is 0 Å². The molecule has 0 N–H and O–H groups in total. The summed E-state index contributed by atoms with van der Waals surface area (Å²) in [7, 11) is -2.79. The van der Waals surface area contributed by atoms with Crippen molar-refractivity contribution in [3.8, 4) is 0 Å². The molecule has 0 heterocycles. The van der Waals surface area contributed by atoms with Crippen LogP contribution >= 0.6 is 0 Å². The second-order valence-electron chi connectivity index (χ2n) is 6.44. The number of ether oxygens (including phenoxy) is 1. The molecule has 0 atom stereocenters. The van der Waals surface area contributed by atoms with Crippen LogP contribution in [0.5, 0.6) is 0 Å².